The van der Waals surface area contributed by atoms with Crippen LogP contribution in [0.1, 0.15) is 24.0 Å². The molecule has 0 aliphatic rings. The van der Waals surface area contributed by atoms with Crippen LogP contribution in [0.25, 0.3) is 0 Å². The highest BCUT2D eigenvalue weighted by atomic mass is 32.2. The first-order valence-corrected chi connectivity index (χ1v) is 11.0. The van der Waals surface area contributed by atoms with E-state index in [2.05, 4.69) is 0 Å². The van der Waals surface area contributed by atoms with E-state index in [1.807, 2.05) is 31.2 Å². The SMILES string of the molecule is Cc1ccccc1Oc1cccc(CCCC([P+]([O-])([O-])[O-])S(=O)(=O)O)c1. The van der Waals surface area contributed by atoms with E-state index in [1.165, 1.54) is 0 Å². The molecule has 1 unspecified atom stereocenters. The van der Waals surface area contributed by atoms with Gasteiger partial charge < -0.3 is 19.4 Å². The third-order valence-corrected chi connectivity index (χ3v) is 7.29. The third kappa shape index (κ3) is 6.02. The summed E-state index contributed by atoms with van der Waals surface area (Å²) in [6, 6.07) is 14.6. The smallest absolute Gasteiger partial charge is 0.301 e. The molecular formula is C17H19O7PS-2. The van der Waals surface area contributed by atoms with Crippen LogP contribution in [0.4, 0.5) is 0 Å². The van der Waals surface area contributed by atoms with E-state index in [9.17, 15) is 23.1 Å². The summed E-state index contributed by atoms with van der Waals surface area (Å²) in [4.78, 5) is 30.8. The second kappa shape index (κ2) is 8.43. The second-order valence-electron chi connectivity index (χ2n) is 5.92. The summed E-state index contributed by atoms with van der Waals surface area (Å²) in [5.74, 6) is 1.29. The fourth-order valence-electron chi connectivity index (χ4n) is 2.51. The summed E-state index contributed by atoms with van der Waals surface area (Å²) in [5.41, 5.74) is 1.76. The molecule has 2 aromatic rings. The van der Waals surface area contributed by atoms with Crippen LogP contribution in [0.3, 0.4) is 0 Å². The lowest BCUT2D eigenvalue weighted by atomic mass is 10.1. The average Bonchev–Trinajstić information content (AvgIpc) is 2.52. The molecule has 0 amide bonds. The third-order valence-electron chi connectivity index (χ3n) is 3.83. The zero-order valence-corrected chi connectivity index (χ0v) is 15.8. The molecule has 0 heterocycles. The molecule has 0 fully saturated rings. The van der Waals surface area contributed by atoms with Crippen LogP contribution in [-0.2, 0) is 16.5 Å². The van der Waals surface area contributed by atoms with Crippen LogP contribution < -0.4 is 19.4 Å². The number of rotatable bonds is 8. The van der Waals surface area contributed by atoms with Crippen molar-refractivity contribution in [1.82, 2.24) is 0 Å². The van der Waals surface area contributed by atoms with Gasteiger partial charge in [0, 0.05) is 6.42 Å². The van der Waals surface area contributed by atoms with Crippen molar-refractivity contribution in [1.29, 1.82) is 0 Å². The Hall–Kier alpha value is -1.54. The van der Waals surface area contributed by atoms with Crippen LogP contribution in [0.2, 0.25) is 0 Å². The molecule has 0 saturated heterocycles. The predicted octanol–water partition coefficient (Wildman–Crippen LogP) is 1.17. The van der Waals surface area contributed by atoms with Gasteiger partial charge in [0.1, 0.15) is 11.5 Å². The summed E-state index contributed by atoms with van der Waals surface area (Å²) in [7, 11) is -10.4. The Morgan fingerprint density at radius 3 is 2.42 bits per heavy atom. The van der Waals surface area contributed by atoms with E-state index in [0.29, 0.717) is 17.9 Å². The Morgan fingerprint density at radius 2 is 1.81 bits per heavy atom. The average molecular weight is 398 g/mol. The maximum atomic E-state index is 11.1. The van der Waals surface area contributed by atoms with Gasteiger partial charge in [-0.05, 0) is 49.1 Å². The van der Waals surface area contributed by atoms with Gasteiger partial charge in [-0.15, -0.1) is 7.94 Å². The van der Waals surface area contributed by atoms with Gasteiger partial charge in [-0.3, -0.25) is 4.55 Å². The number of benzene rings is 2. The standard InChI is InChI=1S/C17H21O7PS/c1-13-6-2-3-10-16(13)24-15-9-4-7-14(12-15)8-5-11-17(25(18,19)20)26(21,22)23/h2-4,6-7,9-10,12,17H,5,8,11H2,1H3,(H2,18,19,20)(H,21,22,23)/p-2. The van der Waals surface area contributed by atoms with E-state index in [4.69, 9.17) is 9.29 Å². The fourth-order valence-corrected chi connectivity index (χ4v) is 4.78. The highest BCUT2D eigenvalue weighted by Crippen LogP contribution is 2.41. The monoisotopic (exact) mass is 398 g/mol. The number of hydrogen-bond acceptors (Lipinski definition) is 6. The van der Waals surface area contributed by atoms with Crippen LogP contribution >= 0.6 is 7.94 Å². The molecule has 0 bridgehead atoms. The first-order valence-electron chi connectivity index (χ1n) is 7.88. The Labute approximate surface area is 153 Å². The van der Waals surface area contributed by atoms with Crippen molar-refractivity contribution in [2.24, 2.45) is 0 Å². The lowest BCUT2D eigenvalue weighted by Gasteiger charge is -2.46. The van der Waals surface area contributed by atoms with Gasteiger partial charge in [-0.25, -0.2) is 0 Å². The molecule has 0 radical (unpaired) electrons. The van der Waals surface area contributed by atoms with E-state index in [1.54, 1.807) is 24.3 Å². The molecule has 2 aromatic carbocycles. The lowest BCUT2D eigenvalue weighted by Crippen LogP contribution is -2.44. The quantitative estimate of drug-likeness (QED) is 0.521. The van der Waals surface area contributed by atoms with Crippen LogP contribution in [0.15, 0.2) is 48.5 Å². The topological polar surface area (TPSA) is 133 Å². The predicted molar refractivity (Wildman–Crippen MR) is 92.9 cm³/mol. The van der Waals surface area contributed by atoms with Gasteiger partial charge in [0.2, 0.25) is 0 Å². The Morgan fingerprint density at radius 1 is 1.12 bits per heavy atom. The maximum Gasteiger partial charge on any atom is 0.301 e. The van der Waals surface area contributed by atoms with Crippen LogP contribution in [0, 0.1) is 6.92 Å². The Bertz CT molecular complexity index is 846. The van der Waals surface area contributed by atoms with Crippen molar-refractivity contribution >= 4 is 18.1 Å². The largest absolute Gasteiger partial charge is 0.687 e. The van der Waals surface area contributed by atoms with Crippen molar-refractivity contribution in [2.45, 2.75) is 31.2 Å². The molecule has 1 N–H and O–H groups in total. The molecule has 142 valence electrons. The van der Waals surface area contributed by atoms with Crippen LogP contribution in [-0.4, -0.2) is 18.0 Å². The maximum absolute atomic E-state index is 11.1. The van der Waals surface area contributed by atoms with E-state index in [-0.39, 0.29) is 6.42 Å². The first kappa shape index (κ1) is 20.8. The summed E-state index contributed by atoms with van der Waals surface area (Å²) >= 11 is 0. The molecule has 1 atom stereocenters. The minimum atomic E-state index is -5.44. The van der Waals surface area contributed by atoms with Gasteiger partial charge in [-0.2, -0.15) is 8.42 Å². The van der Waals surface area contributed by atoms with E-state index < -0.39 is 29.5 Å². The van der Waals surface area contributed by atoms with Gasteiger partial charge in [0.15, 0.2) is 4.99 Å². The fraction of sp³-hybridized carbons (Fsp3) is 0.294. The molecule has 0 aliphatic heterocycles. The van der Waals surface area contributed by atoms with Gasteiger partial charge in [0.05, 0.1) is 0 Å². The lowest BCUT2D eigenvalue weighted by molar-refractivity contribution is -0.428. The van der Waals surface area contributed by atoms with Crippen molar-refractivity contribution < 1.29 is 32.4 Å². The molecule has 0 spiro atoms. The number of hydrogen-bond donors (Lipinski definition) is 1. The van der Waals surface area contributed by atoms with Gasteiger partial charge in [0.25, 0.3) is 0 Å². The molecule has 9 heteroatoms. The zero-order valence-electron chi connectivity index (χ0n) is 14.1. The van der Waals surface area contributed by atoms with Crippen molar-refractivity contribution in [3.63, 3.8) is 0 Å². The van der Waals surface area contributed by atoms with Crippen LogP contribution in [0.5, 0.6) is 11.5 Å². The Balaban J connectivity index is 2.02. The molecule has 0 aliphatic carbocycles. The Kier molecular flexibility index (Phi) is 6.74. The highest BCUT2D eigenvalue weighted by Gasteiger charge is 2.30. The molecule has 26 heavy (non-hydrogen) atoms. The summed E-state index contributed by atoms with van der Waals surface area (Å²) in [6.45, 7) is 1.92. The second-order valence-corrected chi connectivity index (χ2v) is 9.57. The van der Waals surface area contributed by atoms with E-state index >= 15 is 0 Å². The molecule has 7 nitrogen and oxygen atoms in total. The molecule has 0 aromatic heterocycles. The summed E-state index contributed by atoms with van der Waals surface area (Å²) < 4.78 is 36.9. The number of aryl methyl sites for hydroxylation is 2. The van der Waals surface area contributed by atoms with Crippen molar-refractivity contribution in [3.05, 3.63) is 59.7 Å². The number of para-hydroxylation sites is 1. The highest BCUT2D eigenvalue weighted by molar-refractivity contribution is 7.94. The van der Waals surface area contributed by atoms with Gasteiger partial charge >= 0.3 is 10.1 Å². The molecule has 2 rings (SSSR count). The van der Waals surface area contributed by atoms with Crippen molar-refractivity contribution in [3.8, 4) is 11.5 Å². The summed E-state index contributed by atoms with van der Waals surface area (Å²) in [5, 5.41) is 0. The first-order chi connectivity index (χ1) is 12.1. The molecule has 0 saturated carbocycles. The minimum Gasteiger partial charge on any atom is -0.687 e. The molecular weight excluding hydrogens is 379 g/mol. The van der Waals surface area contributed by atoms with Crippen molar-refractivity contribution in [2.75, 3.05) is 0 Å². The van der Waals surface area contributed by atoms with Gasteiger partial charge in [-0.1, -0.05) is 30.3 Å². The minimum absolute atomic E-state index is 0.104. The zero-order chi connectivity index (χ0) is 19.4. The number of ether oxygens (including phenoxy) is 1. The van der Waals surface area contributed by atoms with E-state index in [0.717, 1.165) is 11.1 Å². The normalized spacial score (nSPS) is 13.4. The summed E-state index contributed by atoms with van der Waals surface area (Å²) in [6.07, 6.45) is -0.0320.